The predicted molar refractivity (Wildman–Crippen MR) is 87.4 cm³/mol. The lowest BCUT2D eigenvalue weighted by Crippen LogP contribution is -2.46. The second-order valence-corrected chi connectivity index (χ2v) is 6.78. The van der Waals surface area contributed by atoms with Crippen LogP contribution in [0.4, 0.5) is 10.1 Å². The highest BCUT2D eigenvalue weighted by molar-refractivity contribution is 6.39. The number of anilines is 1. The first-order chi connectivity index (χ1) is 10.5. The third kappa shape index (κ3) is 5.32. The van der Waals surface area contributed by atoms with E-state index in [4.69, 9.17) is 0 Å². The van der Waals surface area contributed by atoms with Gasteiger partial charge in [-0.2, -0.15) is 0 Å². The number of aryl methyl sites for hydroxylation is 1. The molecule has 23 heavy (non-hydrogen) atoms. The highest BCUT2D eigenvalue weighted by Crippen LogP contribution is 2.25. The number of aliphatic hydroxyl groups is 1. The minimum absolute atomic E-state index is 0.0336. The zero-order chi connectivity index (χ0) is 17.8. The highest BCUT2D eigenvalue weighted by atomic mass is 19.1. The van der Waals surface area contributed by atoms with Crippen molar-refractivity contribution in [1.29, 1.82) is 0 Å². The maximum Gasteiger partial charge on any atom is 0.313 e. The van der Waals surface area contributed by atoms with Gasteiger partial charge in [0.1, 0.15) is 5.82 Å². The fourth-order valence-corrected chi connectivity index (χ4v) is 2.25. The summed E-state index contributed by atoms with van der Waals surface area (Å²) >= 11 is 0. The number of carbonyl (C=O) groups is 2. The van der Waals surface area contributed by atoms with Crippen molar-refractivity contribution in [2.24, 2.45) is 11.3 Å². The van der Waals surface area contributed by atoms with Gasteiger partial charge in [-0.25, -0.2) is 4.39 Å². The first kappa shape index (κ1) is 19.1. The van der Waals surface area contributed by atoms with E-state index in [2.05, 4.69) is 10.6 Å². The lowest BCUT2D eigenvalue weighted by molar-refractivity contribution is -0.136. The predicted octanol–water partition coefficient (Wildman–Crippen LogP) is 2.23. The number of nitrogens with one attached hydrogen (secondary N) is 2. The minimum Gasteiger partial charge on any atom is -0.392 e. The molecule has 5 nitrogen and oxygen atoms in total. The van der Waals surface area contributed by atoms with Gasteiger partial charge < -0.3 is 15.7 Å². The molecule has 1 aromatic carbocycles. The molecule has 0 aromatic heterocycles. The lowest BCUT2D eigenvalue weighted by Gasteiger charge is -2.33. The van der Waals surface area contributed by atoms with Crippen LogP contribution < -0.4 is 10.6 Å². The van der Waals surface area contributed by atoms with E-state index in [-0.39, 0.29) is 18.2 Å². The van der Waals surface area contributed by atoms with Crippen LogP contribution in [0.3, 0.4) is 0 Å². The number of hydrogen-bond donors (Lipinski definition) is 3. The van der Waals surface area contributed by atoms with E-state index in [1.54, 1.807) is 6.92 Å². The first-order valence-electron chi connectivity index (χ1n) is 7.58. The Morgan fingerprint density at radius 3 is 2.39 bits per heavy atom. The van der Waals surface area contributed by atoms with Crippen LogP contribution in [0.1, 0.15) is 33.3 Å². The molecule has 6 heteroatoms. The normalized spacial score (nSPS) is 12.9. The van der Waals surface area contributed by atoms with Gasteiger partial charge in [-0.15, -0.1) is 0 Å². The van der Waals surface area contributed by atoms with E-state index in [1.807, 2.05) is 27.7 Å². The van der Waals surface area contributed by atoms with Crippen LogP contribution in [0.5, 0.6) is 0 Å². The average Bonchev–Trinajstić information content (AvgIpc) is 2.47. The van der Waals surface area contributed by atoms with Gasteiger partial charge in [0, 0.05) is 17.6 Å². The molecule has 128 valence electrons. The third-order valence-electron chi connectivity index (χ3n) is 3.77. The molecule has 0 fully saturated rings. The van der Waals surface area contributed by atoms with Crippen LogP contribution in [0.25, 0.3) is 0 Å². The van der Waals surface area contributed by atoms with Crippen molar-refractivity contribution in [2.45, 2.75) is 40.7 Å². The smallest absolute Gasteiger partial charge is 0.313 e. The Labute approximate surface area is 136 Å². The Morgan fingerprint density at radius 1 is 1.26 bits per heavy atom. The molecule has 0 spiro atoms. The van der Waals surface area contributed by atoms with Crippen LogP contribution in [-0.2, 0) is 9.59 Å². The number of aliphatic hydroxyl groups excluding tert-OH is 1. The van der Waals surface area contributed by atoms with E-state index in [0.717, 1.165) is 6.07 Å². The summed E-state index contributed by atoms with van der Waals surface area (Å²) in [6.45, 7) is 9.15. The molecule has 0 heterocycles. The lowest BCUT2D eigenvalue weighted by atomic mass is 9.81. The number of amides is 2. The summed E-state index contributed by atoms with van der Waals surface area (Å²) in [5.74, 6) is -2.12. The summed E-state index contributed by atoms with van der Waals surface area (Å²) in [5, 5.41) is 14.9. The van der Waals surface area contributed by atoms with Crippen molar-refractivity contribution < 1.29 is 19.1 Å². The van der Waals surface area contributed by atoms with Gasteiger partial charge in [0.05, 0.1) is 6.10 Å². The molecule has 1 unspecified atom stereocenters. The molecule has 0 aliphatic heterocycles. The number of halogens is 1. The van der Waals surface area contributed by atoms with Crippen molar-refractivity contribution in [2.75, 3.05) is 11.9 Å². The van der Waals surface area contributed by atoms with Gasteiger partial charge in [-0.3, -0.25) is 9.59 Å². The minimum atomic E-state index is -0.872. The molecule has 0 radical (unpaired) electrons. The van der Waals surface area contributed by atoms with E-state index in [9.17, 15) is 19.1 Å². The van der Waals surface area contributed by atoms with Crippen molar-refractivity contribution in [3.63, 3.8) is 0 Å². The number of benzene rings is 1. The molecule has 1 rings (SSSR count). The molecule has 0 saturated heterocycles. The van der Waals surface area contributed by atoms with Gasteiger partial charge >= 0.3 is 11.8 Å². The maximum atomic E-state index is 13.4. The molecular formula is C17H25FN2O3. The Kier molecular flexibility index (Phi) is 6.27. The molecule has 0 saturated carbocycles. The first-order valence-corrected chi connectivity index (χ1v) is 7.58. The van der Waals surface area contributed by atoms with E-state index in [1.165, 1.54) is 12.1 Å². The van der Waals surface area contributed by atoms with Gasteiger partial charge in [0.15, 0.2) is 0 Å². The Bertz CT molecular complexity index is 585. The molecule has 2 amide bonds. The quantitative estimate of drug-likeness (QED) is 0.727. The molecule has 1 atom stereocenters. The van der Waals surface area contributed by atoms with E-state index >= 15 is 0 Å². The van der Waals surface area contributed by atoms with Crippen LogP contribution in [-0.4, -0.2) is 29.6 Å². The zero-order valence-electron chi connectivity index (χ0n) is 14.2. The largest absolute Gasteiger partial charge is 0.392 e. The van der Waals surface area contributed by atoms with Crippen LogP contribution in [0.15, 0.2) is 18.2 Å². The van der Waals surface area contributed by atoms with Crippen molar-refractivity contribution in [3.05, 3.63) is 29.6 Å². The summed E-state index contributed by atoms with van der Waals surface area (Å²) < 4.78 is 13.4. The zero-order valence-corrected chi connectivity index (χ0v) is 14.2. The average molecular weight is 324 g/mol. The van der Waals surface area contributed by atoms with Gasteiger partial charge in [-0.05, 0) is 30.5 Å². The fourth-order valence-electron chi connectivity index (χ4n) is 2.25. The Balaban J connectivity index is 2.60. The number of carbonyl (C=O) groups excluding carboxylic acids is 2. The van der Waals surface area contributed by atoms with Crippen LogP contribution >= 0.6 is 0 Å². The summed E-state index contributed by atoms with van der Waals surface area (Å²) in [5.41, 5.74) is 0.103. The molecular weight excluding hydrogens is 299 g/mol. The molecule has 3 N–H and O–H groups in total. The number of rotatable bonds is 5. The molecule has 0 bridgehead atoms. The van der Waals surface area contributed by atoms with Gasteiger partial charge in [0.25, 0.3) is 0 Å². The number of hydrogen-bond acceptors (Lipinski definition) is 3. The Morgan fingerprint density at radius 2 is 1.87 bits per heavy atom. The van der Waals surface area contributed by atoms with E-state index in [0.29, 0.717) is 5.56 Å². The maximum absolute atomic E-state index is 13.4. The second kappa shape index (κ2) is 7.55. The Hall–Kier alpha value is -1.95. The molecule has 1 aromatic rings. The highest BCUT2D eigenvalue weighted by Gasteiger charge is 2.31. The summed E-state index contributed by atoms with van der Waals surface area (Å²) in [6, 6.07) is 4.20. The van der Waals surface area contributed by atoms with E-state index < -0.39 is 29.2 Å². The molecule has 0 aliphatic carbocycles. The standard InChI is InChI=1S/C17H25FN2O3/c1-10(2)14(21)17(4,5)9-19-15(22)16(23)20-12-7-6-11(3)13(18)8-12/h6-8,10,14,21H,9H2,1-5H3,(H,19,22)(H,20,23). The van der Waals surface area contributed by atoms with Crippen LogP contribution in [0, 0.1) is 24.1 Å². The summed E-state index contributed by atoms with van der Waals surface area (Å²) in [4.78, 5) is 23.7. The van der Waals surface area contributed by atoms with Gasteiger partial charge in [-0.1, -0.05) is 33.8 Å². The second-order valence-electron chi connectivity index (χ2n) is 6.78. The monoisotopic (exact) mass is 324 g/mol. The fraction of sp³-hybridized carbons (Fsp3) is 0.529. The van der Waals surface area contributed by atoms with Crippen molar-refractivity contribution >= 4 is 17.5 Å². The van der Waals surface area contributed by atoms with Crippen molar-refractivity contribution in [3.8, 4) is 0 Å². The summed E-state index contributed by atoms with van der Waals surface area (Å²) in [6.07, 6.45) is -0.614. The topological polar surface area (TPSA) is 78.4 Å². The third-order valence-corrected chi connectivity index (χ3v) is 3.77. The van der Waals surface area contributed by atoms with Crippen LogP contribution in [0.2, 0.25) is 0 Å². The molecule has 0 aliphatic rings. The summed E-state index contributed by atoms with van der Waals surface area (Å²) in [7, 11) is 0. The SMILES string of the molecule is Cc1ccc(NC(=O)C(=O)NCC(C)(C)C(O)C(C)C)cc1F. The van der Waals surface area contributed by atoms with Gasteiger partial charge in [0.2, 0.25) is 0 Å². The van der Waals surface area contributed by atoms with Crippen molar-refractivity contribution in [1.82, 2.24) is 5.32 Å².